The van der Waals surface area contributed by atoms with Crippen molar-refractivity contribution in [2.45, 2.75) is 46.2 Å². The van der Waals surface area contributed by atoms with E-state index in [2.05, 4.69) is 48.4 Å². The Hall–Kier alpha value is -0.800. The molecule has 0 spiro atoms. The summed E-state index contributed by atoms with van der Waals surface area (Å²) in [4.78, 5) is 0. The van der Waals surface area contributed by atoms with Crippen LogP contribution in [0, 0.1) is 5.41 Å². The van der Waals surface area contributed by atoms with Crippen LogP contribution in [0.1, 0.15) is 40.5 Å². The van der Waals surface area contributed by atoms with Gasteiger partial charge in [0.25, 0.3) is 0 Å². The van der Waals surface area contributed by atoms with Crippen LogP contribution in [0.4, 0.5) is 0 Å². The molecule has 0 bridgehead atoms. The zero-order valence-corrected chi connectivity index (χ0v) is 8.20. The van der Waals surface area contributed by atoms with Gasteiger partial charge in [-0.25, -0.2) is 0 Å². The first-order valence-electron chi connectivity index (χ1n) is 4.31. The smallest absolute Gasteiger partial charge is 0.135 e. The van der Waals surface area contributed by atoms with Gasteiger partial charge in [-0.1, -0.05) is 27.7 Å². The van der Waals surface area contributed by atoms with Crippen molar-refractivity contribution in [1.29, 1.82) is 0 Å². The van der Waals surface area contributed by atoms with E-state index in [9.17, 15) is 0 Å². The molecular formula is C8H16N4. The lowest BCUT2D eigenvalue weighted by molar-refractivity contribution is 0.254. The Balaban J connectivity index is 2.70. The Bertz CT molecular complexity index is 200. The summed E-state index contributed by atoms with van der Waals surface area (Å²) in [5.41, 5.74) is -0.142. The van der Waals surface area contributed by atoms with Gasteiger partial charge in [0.1, 0.15) is 0 Å². The summed E-state index contributed by atoms with van der Waals surface area (Å²) in [5.74, 6) is 0. The Morgan fingerprint density at radius 3 is 1.92 bits per heavy atom. The first kappa shape index (κ1) is 9.29. The highest BCUT2D eigenvalue weighted by Crippen LogP contribution is 2.36. The van der Waals surface area contributed by atoms with Crippen molar-refractivity contribution in [3.8, 4) is 0 Å². The molecule has 4 heteroatoms. The summed E-state index contributed by atoms with van der Waals surface area (Å²) in [6, 6.07) is 0. The third-order valence-corrected chi connectivity index (χ3v) is 1.88. The summed E-state index contributed by atoms with van der Waals surface area (Å²) in [5, 5.41) is 15.3. The first-order valence-corrected chi connectivity index (χ1v) is 4.31. The molecule has 0 fully saturated rings. The van der Waals surface area contributed by atoms with E-state index in [0.29, 0.717) is 0 Å². The molecule has 0 unspecified atom stereocenters. The van der Waals surface area contributed by atoms with Crippen LogP contribution in [-0.4, -0.2) is 5.66 Å². The second kappa shape index (κ2) is 2.92. The molecule has 0 saturated carbocycles. The van der Waals surface area contributed by atoms with E-state index in [1.54, 1.807) is 0 Å². The normalized spacial score (nSPS) is 20.3. The molecule has 0 aliphatic carbocycles. The minimum atomic E-state index is -0.363. The van der Waals surface area contributed by atoms with Gasteiger partial charge in [0, 0.05) is 6.42 Å². The van der Waals surface area contributed by atoms with E-state index in [4.69, 9.17) is 0 Å². The van der Waals surface area contributed by atoms with Gasteiger partial charge < -0.3 is 0 Å². The number of hydrogen-bond acceptors (Lipinski definition) is 4. The first-order chi connectivity index (χ1) is 5.47. The lowest BCUT2D eigenvalue weighted by atomic mass is 9.84. The predicted molar refractivity (Wildman–Crippen MR) is 46.8 cm³/mol. The van der Waals surface area contributed by atoms with Crippen molar-refractivity contribution < 1.29 is 0 Å². The highest BCUT2D eigenvalue weighted by atomic mass is 15.6. The molecule has 0 N–H and O–H groups in total. The molecule has 1 rings (SSSR count). The van der Waals surface area contributed by atoms with E-state index in [0.717, 1.165) is 12.8 Å². The fourth-order valence-electron chi connectivity index (χ4n) is 1.41. The molecule has 0 amide bonds. The standard InChI is InChI=1S/C8H16N4/c1-5-8(6-7(2,3)4)9-11-12-10-8/h5-6H2,1-4H3. The summed E-state index contributed by atoms with van der Waals surface area (Å²) < 4.78 is 0. The van der Waals surface area contributed by atoms with Crippen molar-refractivity contribution in [3.63, 3.8) is 0 Å². The van der Waals surface area contributed by atoms with Gasteiger partial charge in [0.05, 0.1) is 0 Å². The zero-order chi connectivity index (χ0) is 9.24. The van der Waals surface area contributed by atoms with Crippen molar-refractivity contribution in [2.75, 3.05) is 0 Å². The monoisotopic (exact) mass is 168 g/mol. The topological polar surface area (TPSA) is 49.4 Å². The van der Waals surface area contributed by atoms with E-state index >= 15 is 0 Å². The number of nitrogens with zero attached hydrogens (tertiary/aromatic N) is 4. The van der Waals surface area contributed by atoms with Gasteiger partial charge in [-0.15, -0.1) is 10.2 Å². The SMILES string of the molecule is CCC1(CC(C)(C)C)N=NN=N1. The highest BCUT2D eigenvalue weighted by molar-refractivity contribution is 4.87. The minimum absolute atomic E-state index is 0.221. The van der Waals surface area contributed by atoms with Gasteiger partial charge in [0.2, 0.25) is 0 Å². The maximum Gasteiger partial charge on any atom is 0.195 e. The van der Waals surface area contributed by atoms with Crippen molar-refractivity contribution in [2.24, 2.45) is 26.1 Å². The molecule has 1 heterocycles. The Morgan fingerprint density at radius 1 is 1.08 bits per heavy atom. The van der Waals surface area contributed by atoms with Crippen LogP contribution in [0.15, 0.2) is 20.7 Å². The molecule has 0 aromatic rings. The lowest BCUT2D eigenvalue weighted by Gasteiger charge is -2.26. The third-order valence-electron chi connectivity index (χ3n) is 1.88. The maximum absolute atomic E-state index is 4.06. The molecule has 0 atom stereocenters. The van der Waals surface area contributed by atoms with Crippen LogP contribution in [0.5, 0.6) is 0 Å². The molecule has 0 radical (unpaired) electrons. The quantitative estimate of drug-likeness (QED) is 0.607. The molecule has 4 nitrogen and oxygen atoms in total. The fraction of sp³-hybridized carbons (Fsp3) is 1.00. The van der Waals surface area contributed by atoms with Crippen molar-refractivity contribution in [3.05, 3.63) is 0 Å². The van der Waals surface area contributed by atoms with E-state index < -0.39 is 0 Å². The van der Waals surface area contributed by atoms with Crippen LogP contribution in [0.3, 0.4) is 0 Å². The minimum Gasteiger partial charge on any atom is -0.135 e. The third kappa shape index (κ3) is 2.09. The molecule has 1 aliphatic heterocycles. The average molecular weight is 168 g/mol. The molecule has 0 aromatic carbocycles. The Labute approximate surface area is 73.2 Å². The van der Waals surface area contributed by atoms with Crippen LogP contribution in [-0.2, 0) is 0 Å². The average Bonchev–Trinajstić information content (AvgIpc) is 2.34. The Kier molecular flexibility index (Phi) is 2.26. The van der Waals surface area contributed by atoms with E-state index in [1.165, 1.54) is 0 Å². The molecule has 1 aliphatic rings. The van der Waals surface area contributed by atoms with Crippen LogP contribution < -0.4 is 0 Å². The van der Waals surface area contributed by atoms with E-state index in [1.807, 2.05) is 0 Å². The zero-order valence-electron chi connectivity index (χ0n) is 8.20. The molecule has 0 saturated heterocycles. The van der Waals surface area contributed by atoms with Crippen LogP contribution in [0.25, 0.3) is 0 Å². The van der Waals surface area contributed by atoms with Gasteiger partial charge >= 0.3 is 0 Å². The second-order valence-electron chi connectivity index (χ2n) is 4.45. The largest absolute Gasteiger partial charge is 0.195 e. The Morgan fingerprint density at radius 2 is 1.58 bits per heavy atom. The highest BCUT2D eigenvalue weighted by Gasteiger charge is 2.35. The second-order valence-corrected chi connectivity index (χ2v) is 4.45. The molecule has 68 valence electrons. The van der Waals surface area contributed by atoms with Gasteiger partial charge in [-0.3, -0.25) is 0 Å². The van der Waals surface area contributed by atoms with Gasteiger partial charge in [-0.2, -0.15) is 0 Å². The van der Waals surface area contributed by atoms with Crippen LogP contribution in [0.2, 0.25) is 0 Å². The maximum atomic E-state index is 4.06. The summed E-state index contributed by atoms with van der Waals surface area (Å²) in [6.45, 7) is 8.59. The summed E-state index contributed by atoms with van der Waals surface area (Å²) in [7, 11) is 0. The molecular weight excluding hydrogens is 152 g/mol. The summed E-state index contributed by atoms with van der Waals surface area (Å²) in [6.07, 6.45) is 1.78. The number of hydrogen-bond donors (Lipinski definition) is 0. The van der Waals surface area contributed by atoms with E-state index in [-0.39, 0.29) is 11.1 Å². The van der Waals surface area contributed by atoms with Crippen molar-refractivity contribution >= 4 is 0 Å². The van der Waals surface area contributed by atoms with Gasteiger partial charge in [0.15, 0.2) is 5.66 Å². The van der Waals surface area contributed by atoms with Crippen molar-refractivity contribution in [1.82, 2.24) is 0 Å². The predicted octanol–water partition coefficient (Wildman–Crippen LogP) is 3.36. The summed E-state index contributed by atoms with van der Waals surface area (Å²) >= 11 is 0. The number of rotatable bonds is 2. The van der Waals surface area contributed by atoms with Gasteiger partial charge in [-0.05, 0) is 22.3 Å². The molecule has 12 heavy (non-hydrogen) atoms. The fourth-order valence-corrected chi connectivity index (χ4v) is 1.41. The van der Waals surface area contributed by atoms with Crippen LogP contribution >= 0.6 is 0 Å². The lowest BCUT2D eigenvalue weighted by Crippen LogP contribution is -2.27. The molecule has 0 aromatic heterocycles.